The molecule has 14 heteroatoms. The van der Waals surface area contributed by atoms with E-state index in [2.05, 4.69) is 14.1 Å². The van der Waals surface area contributed by atoms with Gasteiger partial charge in [0, 0.05) is 89.9 Å². The summed E-state index contributed by atoms with van der Waals surface area (Å²) in [5, 5.41) is 21.8. The number of quaternary nitrogens is 2. The van der Waals surface area contributed by atoms with E-state index in [0.29, 0.717) is 38.5 Å². The molecule has 2 N–H and O–H groups in total. The molecule has 0 radical (unpaired) electrons. The number of aliphatic carboxylic acids is 2. The summed E-state index contributed by atoms with van der Waals surface area (Å²) >= 11 is 0. The number of hydrogen-bond acceptors (Lipinski definition) is 10. The summed E-state index contributed by atoms with van der Waals surface area (Å²) in [7, 11) is 4.58. The van der Waals surface area contributed by atoms with Gasteiger partial charge in [-0.25, -0.2) is 0 Å². The Hall–Kier alpha value is -4.82. The first-order valence-electron chi connectivity index (χ1n) is 23.7. The van der Waals surface area contributed by atoms with Crippen LogP contribution in [0.3, 0.4) is 0 Å². The summed E-state index contributed by atoms with van der Waals surface area (Å²) in [6.45, 7) is 8.57. The maximum atomic E-state index is 13.8. The average molecular weight is 891 g/mol. The van der Waals surface area contributed by atoms with Crippen LogP contribution in [-0.2, 0) is 41.6 Å². The van der Waals surface area contributed by atoms with Gasteiger partial charge in [-0.1, -0.05) is 39.8 Å². The maximum Gasteiger partial charge on any atom is 0.311 e. The number of carbonyl (C=O) groups excluding carboxylic acids is 4. The molecule has 0 aliphatic carbocycles. The summed E-state index contributed by atoms with van der Waals surface area (Å²) in [5.74, 6) is -3.25. The van der Waals surface area contributed by atoms with Crippen LogP contribution in [0.2, 0.25) is 0 Å². The largest absolute Gasteiger partial charge is 0.481 e. The van der Waals surface area contributed by atoms with Gasteiger partial charge in [-0.05, 0) is 60.1 Å². The van der Waals surface area contributed by atoms with Crippen LogP contribution < -0.4 is 18.9 Å². The molecule has 8 atom stereocenters. The van der Waals surface area contributed by atoms with Crippen LogP contribution in [-0.4, -0.2) is 106 Å². The Bertz CT molecular complexity index is 1910. The van der Waals surface area contributed by atoms with Gasteiger partial charge in [0.15, 0.2) is 23.0 Å². The molecule has 64 heavy (non-hydrogen) atoms. The highest BCUT2D eigenvalue weighted by Crippen LogP contribution is 2.58. The monoisotopic (exact) mass is 890 g/mol. The minimum Gasteiger partial charge on any atom is -0.481 e. The summed E-state index contributed by atoms with van der Waals surface area (Å²) < 4.78 is 23.6. The van der Waals surface area contributed by atoms with E-state index in [-0.39, 0.29) is 91.1 Å². The normalized spacial score (nSPS) is 27.8. The lowest BCUT2D eigenvalue weighted by Crippen LogP contribution is -2.64. The van der Waals surface area contributed by atoms with Crippen LogP contribution in [0.15, 0.2) is 36.4 Å². The molecular weight excluding hydrogens is 821 g/mol. The van der Waals surface area contributed by atoms with Gasteiger partial charge in [0.1, 0.15) is 0 Å². The second kappa shape index (κ2) is 20.6. The molecule has 4 aliphatic heterocycles. The van der Waals surface area contributed by atoms with E-state index >= 15 is 0 Å². The molecule has 2 aromatic carbocycles. The molecule has 0 aromatic heterocycles. The van der Waals surface area contributed by atoms with E-state index in [9.17, 15) is 39.0 Å². The van der Waals surface area contributed by atoms with Crippen molar-refractivity contribution in [2.45, 2.75) is 161 Å². The lowest BCUT2D eigenvalue weighted by Gasteiger charge is -2.55. The third kappa shape index (κ3) is 10.3. The third-order valence-electron chi connectivity index (χ3n) is 15.8. The number of ether oxygens (including phenoxy) is 4. The summed E-state index contributed by atoms with van der Waals surface area (Å²) in [5.41, 5.74) is 0.568. The molecule has 6 rings (SSSR count). The quantitative estimate of drug-likeness (QED) is 0.0706. The fraction of sp³-hybridized carbons (Fsp3) is 0.640. The average Bonchev–Trinajstić information content (AvgIpc) is 3.48. The summed E-state index contributed by atoms with van der Waals surface area (Å²) in [6.07, 6.45) is 10.2. The number of rotatable bonds is 21. The van der Waals surface area contributed by atoms with Crippen molar-refractivity contribution in [3.63, 3.8) is 0 Å². The Morgan fingerprint density at radius 1 is 0.547 bits per heavy atom. The number of esters is 4. The van der Waals surface area contributed by atoms with E-state index in [4.69, 9.17) is 18.9 Å². The fourth-order valence-electron chi connectivity index (χ4n) is 12.1. The Morgan fingerprint density at radius 3 is 1.17 bits per heavy atom. The number of carbonyl (C=O) groups is 6. The Morgan fingerprint density at radius 2 is 0.875 bits per heavy atom. The number of fused-ring (bicyclic) bond motifs is 4. The SMILES string of the molecule is CCC(=O)Oc1ccc(CCC[N+]2(C)[C@@H]3CC[C@H]2CC(C(CC(=O)O)(C(=O)O)C2C[C@H]4CC[C@@H](C2)[N+]4(C)CCCc2ccc(OC(=O)CC)c(OC(=O)CC)c2)C3)cc1OC(=O)CC. The number of hydrogen-bond donors (Lipinski definition) is 2. The standard InChI is InChI=1S/C50H68N2O12/c1-7-45(55)61-40-21-15-32(25-42(40)63-47(57)9-3)13-11-23-51(5)36-17-18-37(51)28-34(27-36)50(49(59)60,31-44(53)54)35-29-38-19-20-39(30-35)52(38,6)24-12-14-33-16-22-41(62-46(56)8-2)43(26-33)64-48(58)10-4/h15-16,21-22,25-26,34-39H,7-14,17-20,23-24,27-31H2,1-6H3/p+2/t34?,35?,36-,37+,38-,39+,50?,51?,52?. The molecule has 4 fully saturated rings. The zero-order valence-corrected chi connectivity index (χ0v) is 38.7. The van der Waals surface area contributed by atoms with Crippen molar-refractivity contribution in [2.24, 2.45) is 17.3 Å². The Labute approximate surface area is 377 Å². The predicted molar refractivity (Wildman–Crippen MR) is 237 cm³/mol. The Kier molecular flexibility index (Phi) is 15.6. The molecule has 4 saturated heterocycles. The van der Waals surface area contributed by atoms with Crippen molar-refractivity contribution in [1.29, 1.82) is 0 Å². The van der Waals surface area contributed by atoms with Crippen molar-refractivity contribution < 1.29 is 66.9 Å². The number of nitrogens with zero attached hydrogens (tertiary/aromatic N) is 2. The first-order chi connectivity index (χ1) is 30.5. The van der Waals surface area contributed by atoms with Gasteiger partial charge in [0.25, 0.3) is 0 Å². The highest BCUT2D eigenvalue weighted by molar-refractivity contribution is 5.82. The minimum atomic E-state index is -1.35. The van der Waals surface area contributed by atoms with Crippen LogP contribution in [0.25, 0.3) is 0 Å². The molecule has 4 heterocycles. The summed E-state index contributed by atoms with van der Waals surface area (Å²) in [6, 6.07) is 11.6. The zero-order chi connectivity index (χ0) is 46.4. The lowest BCUT2D eigenvalue weighted by molar-refractivity contribution is -0.951. The summed E-state index contributed by atoms with van der Waals surface area (Å²) in [4.78, 5) is 75.1. The zero-order valence-electron chi connectivity index (χ0n) is 38.7. The topological polar surface area (TPSA) is 180 Å². The van der Waals surface area contributed by atoms with Crippen molar-refractivity contribution >= 4 is 35.8 Å². The van der Waals surface area contributed by atoms with Crippen molar-refractivity contribution in [1.82, 2.24) is 0 Å². The first-order valence-corrected chi connectivity index (χ1v) is 23.7. The molecule has 0 saturated carbocycles. The first kappa shape index (κ1) is 48.6. The van der Waals surface area contributed by atoms with Crippen LogP contribution in [0.1, 0.15) is 135 Å². The van der Waals surface area contributed by atoms with E-state index in [1.54, 1.807) is 52.0 Å². The van der Waals surface area contributed by atoms with E-state index in [0.717, 1.165) is 71.7 Å². The van der Waals surface area contributed by atoms with Crippen LogP contribution in [0.4, 0.5) is 0 Å². The number of piperidine rings is 2. The van der Waals surface area contributed by atoms with Crippen LogP contribution in [0, 0.1) is 17.3 Å². The van der Waals surface area contributed by atoms with Crippen LogP contribution in [0.5, 0.6) is 23.0 Å². The van der Waals surface area contributed by atoms with Crippen molar-refractivity contribution in [3.8, 4) is 23.0 Å². The van der Waals surface area contributed by atoms with Gasteiger partial charge in [-0.15, -0.1) is 0 Å². The second-order valence-corrected chi connectivity index (χ2v) is 19.2. The predicted octanol–water partition coefficient (Wildman–Crippen LogP) is 7.83. The number of benzene rings is 2. The Balaban J connectivity index is 1.13. The van der Waals surface area contributed by atoms with Gasteiger partial charge in [0.05, 0.1) is 63.2 Å². The van der Waals surface area contributed by atoms with Crippen molar-refractivity contribution in [2.75, 3.05) is 27.2 Å². The van der Waals surface area contributed by atoms with Gasteiger partial charge in [-0.3, -0.25) is 28.8 Å². The highest BCUT2D eigenvalue weighted by atomic mass is 16.6. The number of carboxylic acid groups (broad SMARTS) is 2. The van der Waals surface area contributed by atoms with Gasteiger partial charge in [0.2, 0.25) is 0 Å². The smallest absolute Gasteiger partial charge is 0.311 e. The molecule has 2 aromatic rings. The molecule has 0 spiro atoms. The van der Waals surface area contributed by atoms with E-state index < -0.39 is 41.2 Å². The minimum absolute atomic E-state index is 0.183. The highest BCUT2D eigenvalue weighted by Gasteiger charge is 2.64. The number of aryl methyl sites for hydroxylation is 2. The number of carboxylic acids is 2. The van der Waals surface area contributed by atoms with E-state index in [1.165, 1.54) is 0 Å². The lowest BCUT2D eigenvalue weighted by atomic mass is 9.57. The molecule has 4 unspecified atom stereocenters. The fourth-order valence-corrected chi connectivity index (χ4v) is 12.1. The van der Waals surface area contributed by atoms with Gasteiger partial charge < -0.3 is 38.1 Å². The molecule has 14 nitrogen and oxygen atoms in total. The molecule has 0 amide bonds. The molecular formula is C50H70N2O12+2. The van der Waals surface area contributed by atoms with Crippen LogP contribution >= 0.6 is 0 Å². The van der Waals surface area contributed by atoms with E-state index in [1.807, 2.05) is 12.1 Å². The third-order valence-corrected chi connectivity index (χ3v) is 15.8. The molecule has 350 valence electrons. The molecule has 4 aliphatic rings. The van der Waals surface area contributed by atoms with Crippen molar-refractivity contribution in [3.05, 3.63) is 47.5 Å². The van der Waals surface area contributed by atoms with Gasteiger partial charge >= 0.3 is 35.8 Å². The van der Waals surface area contributed by atoms with Gasteiger partial charge in [-0.2, -0.15) is 0 Å². The maximum absolute atomic E-state index is 13.8. The second-order valence-electron chi connectivity index (χ2n) is 19.2. The molecule has 4 bridgehead atoms.